The van der Waals surface area contributed by atoms with Gasteiger partial charge in [0.05, 0.1) is 42.1 Å². The van der Waals surface area contributed by atoms with E-state index < -0.39 is 86.3 Å². The number of fused-ring (bicyclic) bond motifs is 8. The molecular formula is C63H74ClIN2O15. The number of aliphatic hydroxyl groups is 3. The van der Waals surface area contributed by atoms with E-state index in [1.54, 1.807) is 85.5 Å². The standard InChI is InChI=1S/C35H38ClNO8.C28H35NO7.HI/c1-19-12-13-33(3)26(34(19,4)18-42-20(2)38)16-27(44-31(40)22-10-6-7-11-23(22)36)35(5)30(33)29(39)28-25(45-35)15-24(43-32(28)41)21-9-8-14-37-17-21;1-15-8-9-26(3)20(27(15,4)14-34-16(2)30)12-21(31)28(5)24(26)23(32)22-19(36-28)11-18(35-25(22)33)17-7-6-10-29-13-17;/h6-11,14-15,17,19,26-27,29-30,39H,12-13,16,18H2,1-5H3;6-7,10-11,13,15,20-21,23-24,31-32H,8-9,12,14H2,1-5H3;1H/t19-,26?,27-,29-,30?,33-,34-,35+;15-,20?,21-,23-,24?,26-,27-,28+;/m00./s1. The lowest BCUT2D eigenvalue weighted by Gasteiger charge is -2.66. The van der Waals surface area contributed by atoms with E-state index in [0.29, 0.717) is 24.0 Å². The molecule has 82 heavy (non-hydrogen) atoms. The van der Waals surface area contributed by atoms with Crippen molar-refractivity contribution in [2.45, 2.75) is 143 Å². The molecule has 1 aromatic carbocycles. The van der Waals surface area contributed by atoms with Gasteiger partial charge >= 0.3 is 29.2 Å². The normalized spacial score (nSPS) is 35.6. The highest BCUT2D eigenvalue weighted by Crippen LogP contribution is 2.70. The summed E-state index contributed by atoms with van der Waals surface area (Å²) in [5, 5.41) is 35.8. The van der Waals surface area contributed by atoms with E-state index >= 15 is 0 Å². The molecule has 0 saturated heterocycles. The first-order valence-electron chi connectivity index (χ1n) is 28.0. The highest BCUT2D eigenvalue weighted by molar-refractivity contribution is 14.0. The van der Waals surface area contributed by atoms with Crippen molar-refractivity contribution in [1.29, 1.82) is 0 Å². The Hall–Kier alpha value is -5.67. The van der Waals surface area contributed by atoms with Crippen LogP contribution in [0.1, 0.15) is 141 Å². The van der Waals surface area contributed by atoms with Crippen LogP contribution in [0.3, 0.4) is 0 Å². The Kier molecular flexibility index (Phi) is 16.6. The molecule has 0 radical (unpaired) electrons. The molecule has 4 aliphatic carbocycles. The Morgan fingerprint density at radius 3 is 1.56 bits per heavy atom. The van der Waals surface area contributed by atoms with E-state index in [4.69, 9.17) is 44.1 Å². The lowest BCUT2D eigenvalue weighted by molar-refractivity contribution is -0.257. The number of aliphatic hydroxyl groups excluding tert-OH is 3. The zero-order valence-electron chi connectivity index (χ0n) is 47.9. The highest BCUT2D eigenvalue weighted by atomic mass is 127. The third kappa shape index (κ3) is 10.1. The maximum atomic E-state index is 13.7. The Morgan fingerprint density at radius 1 is 0.659 bits per heavy atom. The van der Waals surface area contributed by atoms with Gasteiger partial charge in [-0.3, -0.25) is 19.6 Å². The molecule has 6 heterocycles. The minimum Gasteiger partial charge on any atom is -0.484 e. The summed E-state index contributed by atoms with van der Waals surface area (Å²) in [6, 6.07) is 16.9. The smallest absolute Gasteiger partial charge is 0.345 e. The molecule has 3 N–H and O–H groups in total. The predicted octanol–water partition coefficient (Wildman–Crippen LogP) is 10.9. The first-order chi connectivity index (χ1) is 38.2. The summed E-state index contributed by atoms with van der Waals surface area (Å²) in [7, 11) is 0. The molecule has 19 heteroatoms. The van der Waals surface area contributed by atoms with Crippen LogP contribution in [0.4, 0.5) is 0 Å². The van der Waals surface area contributed by atoms with Crippen molar-refractivity contribution >= 4 is 53.5 Å². The van der Waals surface area contributed by atoms with E-state index in [2.05, 4.69) is 51.5 Å². The van der Waals surface area contributed by atoms with Crippen molar-refractivity contribution < 1.29 is 62.2 Å². The van der Waals surface area contributed by atoms with Gasteiger partial charge < -0.3 is 47.8 Å². The summed E-state index contributed by atoms with van der Waals surface area (Å²) in [6.07, 6.45) is 6.14. The SMILES string of the molecule is CC(=O)OC[C@]1(C)C2C[C@H](O)[C@@]3(C)Oc4cc(-c5cccnc5)oc(=O)c4[C@H](O)C3[C@@]2(C)CC[C@@H]1C.CC(=O)OC[C@]1(C)C2C[C@H](OC(=O)c3ccccc3Cl)[C@@]3(C)Oc4cc(-c5cccnc5)oc(=O)c4[C@H](O)C3[C@@]2(C)CC[C@@H]1C.I. The van der Waals surface area contributed by atoms with Crippen LogP contribution in [0.2, 0.25) is 5.02 Å². The van der Waals surface area contributed by atoms with Gasteiger partial charge in [0.1, 0.15) is 51.5 Å². The number of hydrogen-bond acceptors (Lipinski definition) is 17. The second kappa shape index (κ2) is 22.4. The molecule has 440 valence electrons. The van der Waals surface area contributed by atoms with Gasteiger partial charge in [0.15, 0.2) is 0 Å². The van der Waals surface area contributed by atoms with Crippen LogP contribution in [0, 0.1) is 57.2 Å². The molecule has 4 saturated carbocycles. The van der Waals surface area contributed by atoms with Gasteiger partial charge in [-0.15, -0.1) is 24.0 Å². The summed E-state index contributed by atoms with van der Waals surface area (Å²) in [5.74, 6) is -1.52. The van der Waals surface area contributed by atoms with E-state index in [9.17, 15) is 39.3 Å². The van der Waals surface area contributed by atoms with Gasteiger partial charge in [0.2, 0.25) is 0 Å². The Bertz CT molecular complexity index is 3360. The molecular weight excluding hydrogens is 1190 g/mol. The van der Waals surface area contributed by atoms with E-state index in [1.165, 1.54) is 13.8 Å². The van der Waals surface area contributed by atoms with Crippen molar-refractivity contribution in [1.82, 2.24) is 9.97 Å². The first-order valence-corrected chi connectivity index (χ1v) is 28.4. The molecule has 0 spiro atoms. The second-order valence-corrected chi connectivity index (χ2v) is 25.6. The monoisotopic (exact) mass is 1260 g/mol. The van der Waals surface area contributed by atoms with Crippen LogP contribution >= 0.6 is 35.6 Å². The van der Waals surface area contributed by atoms with Gasteiger partial charge in [0.25, 0.3) is 0 Å². The van der Waals surface area contributed by atoms with Crippen molar-refractivity contribution in [2.75, 3.05) is 13.2 Å². The predicted molar refractivity (Wildman–Crippen MR) is 312 cm³/mol. The summed E-state index contributed by atoms with van der Waals surface area (Å²) >= 11 is 6.39. The number of hydrogen-bond donors (Lipinski definition) is 3. The maximum absolute atomic E-state index is 13.7. The van der Waals surface area contributed by atoms with Crippen LogP contribution in [-0.4, -0.2) is 79.8 Å². The lowest BCUT2D eigenvalue weighted by atomic mass is 9.41. The summed E-state index contributed by atoms with van der Waals surface area (Å²) in [4.78, 5) is 72.4. The van der Waals surface area contributed by atoms with E-state index in [1.807, 2.05) is 13.8 Å². The number of ether oxygens (including phenoxy) is 5. The molecule has 4 aromatic heterocycles. The number of rotatable bonds is 8. The van der Waals surface area contributed by atoms with Gasteiger partial charge in [-0.2, -0.15) is 0 Å². The largest absolute Gasteiger partial charge is 0.484 e. The molecule has 17 nitrogen and oxygen atoms in total. The third-order valence-electron chi connectivity index (χ3n) is 20.7. The molecule has 6 aliphatic rings. The zero-order chi connectivity index (χ0) is 58.4. The Morgan fingerprint density at radius 2 is 1.11 bits per heavy atom. The quantitative estimate of drug-likeness (QED) is 0.0743. The van der Waals surface area contributed by atoms with Crippen LogP contribution in [0.5, 0.6) is 11.5 Å². The number of halogens is 2. The maximum Gasteiger partial charge on any atom is 0.345 e. The first kappa shape index (κ1) is 60.9. The minimum atomic E-state index is -1.29. The molecule has 4 unspecified atom stereocenters. The fraction of sp³-hybridized carbons (Fsp3) is 0.540. The van der Waals surface area contributed by atoms with Crippen molar-refractivity contribution in [3.05, 3.63) is 128 Å². The summed E-state index contributed by atoms with van der Waals surface area (Å²) in [5.41, 5.74) is -4.25. The number of carbonyl (C=O) groups is 3. The van der Waals surface area contributed by atoms with Gasteiger partial charge in [0, 0.05) is 84.6 Å². The fourth-order valence-electron chi connectivity index (χ4n) is 16.1. The van der Waals surface area contributed by atoms with Crippen molar-refractivity contribution in [2.24, 2.45) is 57.2 Å². The Labute approximate surface area is 498 Å². The zero-order valence-corrected chi connectivity index (χ0v) is 51.0. The topological polar surface area (TPSA) is 244 Å². The number of esters is 3. The molecule has 2 aliphatic heterocycles. The number of carbonyl (C=O) groups excluding carboxylic acids is 3. The molecule has 11 rings (SSSR count). The summed E-state index contributed by atoms with van der Waals surface area (Å²) < 4.78 is 42.1. The molecule has 0 amide bonds. The lowest BCUT2D eigenvalue weighted by Crippen LogP contribution is -2.70. The molecule has 5 aromatic rings. The Balaban J connectivity index is 0.000000200. The van der Waals surface area contributed by atoms with Crippen molar-refractivity contribution in [3.63, 3.8) is 0 Å². The molecule has 4 fully saturated rings. The summed E-state index contributed by atoms with van der Waals surface area (Å²) in [6.45, 7) is 19.6. The number of nitrogens with zero attached hydrogens (tertiary/aromatic N) is 2. The second-order valence-electron chi connectivity index (χ2n) is 25.2. The number of pyridine rings is 2. The van der Waals surface area contributed by atoms with E-state index in [-0.39, 0.29) is 118 Å². The third-order valence-corrected chi connectivity index (χ3v) is 21.1. The van der Waals surface area contributed by atoms with Gasteiger partial charge in [-0.25, -0.2) is 14.4 Å². The van der Waals surface area contributed by atoms with Crippen LogP contribution in [-0.2, 0) is 23.8 Å². The van der Waals surface area contributed by atoms with Crippen LogP contribution < -0.4 is 20.7 Å². The van der Waals surface area contributed by atoms with Gasteiger partial charge in [-0.05, 0) is 123 Å². The fourth-order valence-corrected chi connectivity index (χ4v) is 16.3. The highest BCUT2D eigenvalue weighted by Gasteiger charge is 2.71. The van der Waals surface area contributed by atoms with Crippen LogP contribution in [0.25, 0.3) is 22.6 Å². The molecule has 0 bridgehead atoms. The number of aromatic nitrogens is 2. The average Bonchev–Trinajstić information content (AvgIpc) is 0.763. The number of benzene rings is 1. The van der Waals surface area contributed by atoms with Crippen LogP contribution in [0.15, 0.2) is 104 Å². The average molecular weight is 1260 g/mol. The van der Waals surface area contributed by atoms with E-state index in [0.717, 1.165) is 25.7 Å². The van der Waals surface area contributed by atoms with Crippen molar-refractivity contribution in [3.8, 4) is 34.1 Å². The molecule has 16 atom stereocenters. The van der Waals surface area contributed by atoms with Gasteiger partial charge in [-0.1, -0.05) is 65.3 Å². The minimum absolute atomic E-state index is 0.